The lowest BCUT2D eigenvalue weighted by Gasteiger charge is -2.28. The summed E-state index contributed by atoms with van der Waals surface area (Å²) in [4.78, 5) is 60.6. The molecule has 0 aliphatic heterocycles. The number of aliphatic hydroxyl groups excluding tert-OH is 1. The highest BCUT2D eigenvalue weighted by molar-refractivity contribution is 5.95. The molecule has 3 amide bonds. The minimum absolute atomic E-state index is 0.0184. The molecule has 12 heteroatoms. The molecule has 0 bridgehead atoms. The number of hydrogen-bond acceptors (Lipinski definition) is 7. The fourth-order valence-corrected chi connectivity index (χ4v) is 3.20. The fourth-order valence-electron chi connectivity index (χ4n) is 3.20. The first-order valence-electron chi connectivity index (χ1n) is 11.2. The molecule has 0 fully saturated rings. The summed E-state index contributed by atoms with van der Waals surface area (Å²) >= 11 is 0. The van der Waals surface area contributed by atoms with Crippen molar-refractivity contribution in [1.82, 2.24) is 16.0 Å². The third-order valence-corrected chi connectivity index (χ3v) is 5.48. The number of nitrogens with two attached hydrogens (primary N) is 1. The molecule has 0 aliphatic carbocycles. The molecule has 6 unspecified atom stereocenters. The first-order valence-corrected chi connectivity index (χ1v) is 11.2. The predicted molar refractivity (Wildman–Crippen MR) is 125 cm³/mol. The van der Waals surface area contributed by atoms with Gasteiger partial charge in [-0.1, -0.05) is 50.6 Å². The van der Waals surface area contributed by atoms with Gasteiger partial charge in [0.25, 0.3) is 0 Å². The molecule has 8 N–H and O–H groups in total. The number of carboxylic acid groups (broad SMARTS) is 2. The number of benzene rings is 1. The lowest BCUT2D eigenvalue weighted by molar-refractivity contribution is -0.143. The van der Waals surface area contributed by atoms with Gasteiger partial charge in [-0.25, -0.2) is 4.79 Å². The number of carbonyl (C=O) groups excluding carboxylic acids is 3. The van der Waals surface area contributed by atoms with Crippen molar-refractivity contribution in [1.29, 1.82) is 0 Å². The van der Waals surface area contributed by atoms with Crippen LogP contribution in [0.3, 0.4) is 0 Å². The van der Waals surface area contributed by atoms with Crippen LogP contribution >= 0.6 is 0 Å². The summed E-state index contributed by atoms with van der Waals surface area (Å²) < 4.78 is 0. The Morgan fingerprint density at radius 1 is 0.886 bits per heavy atom. The minimum Gasteiger partial charge on any atom is -0.481 e. The van der Waals surface area contributed by atoms with E-state index < -0.39 is 72.3 Å². The van der Waals surface area contributed by atoms with Gasteiger partial charge in [0.05, 0.1) is 18.6 Å². The summed E-state index contributed by atoms with van der Waals surface area (Å²) in [6.07, 6.45) is -1.61. The molecule has 0 saturated carbocycles. The number of rotatable bonds is 14. The van der Waals surface area contributed by atoms with Crippen LogP contribution in [0.15, 0.2) is 30.3 Å². The van der Waals surface area contributed by atoms with Gasteiger partial charge in [0.15, 0.2) is 0 Å². The average molecular weight is 495 g/mol. The molecule has 1 aromatic rings. The highest BCUT2D eigenvalue weighted by Gasteiger charge is 2.34. The molecule has 1 rings (SSSR count). The Bertz CT molecular complexity index is 893. The van der Waals surface area contributed by atoms with E-state index >= 15 is 0 Å². The number of aliphatic hydroxyl groups is 1. The SMILES string of the molecule is CCC(C)C(NC(=O)C(N)CC(=O)O)C(=O)NC(C(=O)NC(Cc1ccccc1)C(=O)O)C(C)O. The van der Waals surface area contributed by atoms with E-state index in [1.165, 1.54) is 6.92 Å². The number of hydrogen-bond donors (Lipinski definition) is 7. The van der Waals surface area contributed by atoms with Crippen molar-refractivity contribution in [2.75, 3.05) is 0 Å². The summed E-state index contributed by atoms with van der Waals surface area (Å²) in [5.41, 5.74) is 6.23. The van der Waals surface area contributed by atoms with E-state index in [9.17, 15) is 34.2 Å². The molecule has 0 aromatic heterocycles. The second-order valence-corrected chi connectivity index (χ2v) is 8.39. The third kappa shape index (κ3) is 9.71. The smallest absolute Gasteiger partial charge is 0.326 e. The molecule has 35 heavy (non-hydrogen) atoms. The maximum atomic E-state index is 13.0. The lowest BCUT2D eigenvalue weighted by Crippen LogP contribution is -2.61. The number of aliphatic carboxylic acids is 2. The zero-order valence-corrected chi connectivity index (χ0v) is 19.9. The van der Waals surface area contributed by atoms with E-state index in [1.807, 2.05) is 0 Å². The van der Waals surface area contributed by atoms with Gasteiger partial charge >= 0.3 is 11.9 Å². The van der Waals surface area contributed by atoms with Crippen molar-refractivity contribution < 1.29 is 39.3 Å². The number of carboxylic acids is 2. The Balaban J connectivity index is 2.98. The second kappa shape index (κ2) is 14.0. The number of amides is 3. The van der Waals surface area contributed by atoms with Crippen molar-refractivity contribution >= 4 is 29.7 Å². The Morgan fingerprint density at radius 3 is 1.91 bits per heavy atom. The topological polar surface area (TPSA) is 208 Å². The van der Waals surface area contributed by atoms with E-state index in [0.717, 1.165) is 0 Å². The van der Waals surface area contributed by atoms with Crippen molar-refractivity contribution in [3.63, 3.8) is 0 Å². The molecule has 1 aromatic carbocycles. The largest absolute Gasteiger partial charge is 0.481 e. The molecule has 0 saturated heterocycles. The Hall–Kier alpha value is -3.51. The van der Waals surface area contributed by atoms with Crippen molar-refractivity contribution in [2.45, 2.75) is 70.3 Å². The van der Waals surface area contributed by atoms with Gasteiger partial charge in [-0.3, -0.25) is 19.2 Å². The van der Waals surface area contributed by atoms with Gasteiger partial charge in [0, 0.05) is 6.42 Å². The maximum absolute atomic E-state index is 13.0. The minimum atomic E-state index is -1.52. The number of carbonyl (C=O) groups is 5. The molecule has 194 valence electrons. The van der Waals surface area contributed by atoms with Crippen molar-refractivity contribution in [3.05, 3.63) is 35.9 Å². The van der Waals surface area contributed by atoms with Crippen LogP contribution in [0.4, 0.5) is 0 Å². The summed E-state index contributed by atoms with van der Waals surface area (Å²) in [7, 11) is 0. The van der Waals surface area contributed by atoms with Gasteiger partial charge < -0.3 is 37.0 Å². The second-order valence-electron chi connectivity index (χ2n) is 8.39. The zero-order valence-electron chi connectivity index (χ0n) is 19.9. The van der Waals surface area contributed by atoms with Crippen LogP contribution in [0.2, 0.25) is 0 Å². The molecular weight excluding hydrogens is 460 g/mol. The van der Waals surface area contributed by atoms with Crippen molar-refractivity contribution in [2.24, 2.45) is 11.7 Å². The Labute approximate surface area is 203 Å². The van der Waals surface area contributed by atoms with Crippen LogP contribution in [0, 0.1) is 5.92 Å². The molecule has 12 nitrogen and oxygen atoms in total. The molecular formula is C23H34N4O8. The first-order chi connectivity index (χ1) is 16.4. The van der Waals surface area contributed by atoms with E-state index in [0.29, 0.717) is 12.0 Å². The van der Waals surface area contributed by atoms with Gasteiger partial charge in [0.2, 0.25) is 17.7 Å². The van der Waals surface area contributed by atoms with Crippen LogP contribution in [0.5, 0.6) is 0 Å². The van der Waals surface area contributed by atoms with Gasteiger partial charge in [-0.2, -0.15) is 0 Å². The Morgan fingerprint density at radius 2 is 1.43 bits per heavy atom. The first kappa shape index (κ1) is 29.5. The van der Waals surface area contributed by atoms with Crippen LogP contribution < -0.4 is 21.7 Å². The van der Waals surface area contributed by atoms with Crippen LogP contribution in [-0.4, -0.2) is 75.3 Å². The molecule has 0 heterocycles. The molecule has 0 aliphatic rings. The van der Waals surface area contributed by atoms with Gasteiger partial charge in [-0.05, 0) is 18.4 Å². The van der Waals surface area contributed by atoms with Crippen LogP contribution in [-0.2, 0) is 30.4 Å². The van der Waals surface area contributed by atoms with Gasteiger partial charge in [-0.15, -0.1) is 0 Å². The van der Waals surface area contributed by atoms with E-state index in [2.05, 4.69) is 16.0 Å². The summed E-state index contributed by atoms with van der Waals surface area (Å²) in [6.45, 7) is 4.66. The standard InChI is InChI=1S/C23H34N4O8/c1-4-12(2)18(26-20(31)15(24)11-17(29)30)21(32)27-19(13(3)28)22(33)25-16(23(34)35)10-14-8-6-5-7-9-14/h5-9,12-13,15-16,18-19,28H,4,10-11,24H2,1-3H3,(H,25,33)(H,26,31)(H,27,32)(H,29,30)(H,34,35). The molecule has 0 radical (unpaired) electrons. The van der Waals surface area contributed by atoms with Gasteiger partial charge in [0.1, 0.15) is 18.1 Å². The molecule has 6 atom stereocenters. The summed E-state index contributed by atoms with van der Waals surface area (Å²) in [5, 5.41) is 35.6. The highest BCUT2D eigenvalue weighted by atomic mass is 16.4. The normalized spacial score (nSPS) is 16.0. The monoisotopic (exact) mass is 494 g/mol. The summed E-state index contributed by atoms with van der Waals surface area (Å²) in [6, 6.07) is 3.20. The summed E-state index contributed by atoms with van der Waals surface area (Å²) in [5.74, 6) is -5.61. The third-order valence-electron chi connectivity index (χ3n) is 5.48. The highest BCUT2D eigenvalue weighted by Crippen LogP contribution is 2.10. The van der Waals surface area contributed by atoms with Crippen molar-refractivity contribution in [3.8, 4) is 0 Å². The predicted octanol–water partition coefficient (Wildman–Crippen LogP) is -1.00. The maximum Gasteiger partial charge on any atom is 0.326 e. The van der Waals surface area contributed by atoms with E-state index in [1.54, 1.807) is 44.2 Å². The number of nitrogens with one attached hydrogen (secondary N) is 3. The van der Waals surface area contributed by atoms with Crippen LogP contribution in [0.1, 0.15) is 39.2 Å². The van der Waals surface area contributed by atoms with E-state index in [-0.39, 0.29) is 6.42 Å². The lowest BCUT2D eigenvalue weighted by atomic mass is 9.97. The Kier molecular flexibility index (Phi) is 11.8. The fraction of sp³-hybridized carbons (Fsp3) is 0.522. The molecule has 0 spiro atoms. The average Bonchev–Trinajstić information content (AvgIpc) is 2.79. The quantitative estimate of drug-likeness (QED) is 0.169. The zero-order chi connectivity index (χ0) is 26.7. The van der Waals surface area contributed by atoms with E-state index in [4.69, 9.17) is 10.8 Å². The van der Waals surface area contributed by atoms with Crippen LogP contribution in [0.25, 0.3) is 0 Å².